The van der Waals surface area contributed by atoms with Crippen LogP contribution in [0.25, 0.3) is 104 Å². The maximum absolute atomic E-state index is 6.48. The van der Waals surface area contributed by atoms with Crippen molar-refractivity contribution in [3.8, 4) is 39.1 Å². The molecule has 13 rings (SSSR count). The molecule has 11 aromatic carbocycles. The molecule has 0 saturated carbocycles. The minimum atomic E-state index is 0.900. The van der Waals surface area contributed by atoms with Gasteiger partial charge in [-0.05, 0) is 111 Å². The van der Waals surface area contributed by atoms with Gasteiger partial charge in [-0.2, -0.15) is 0 Å². The average Bonchev–Trinajstić information content (AvgIpc) is 3.93. The predicted molar refractivity (Wildman–Crippen MR) is 274 cm³/mol. The summed E-state index contributed by atoms with van der Waals surface area (Å²) in [4.78, 5) is 2.38. The lowest BCUT2D eigenvalue weighted by Gasteiger charge is -2.27. The Kier molecular flexibility index (Phi) is 8.53. The first-order valence-electron chi connectivity index (χ1n) is 22.2. The van der Waals surface area contributed by atoms with E-state index in [0.29, 0.717) is 0 Å². The van der Waals surface area contributed by atoms with Gasteiger partial charge < -0.3 is 13.9 Å². The molecule has 3 nitrogen and oxygen atoms in total. The summed E-state index contributed by atoms with van der Waals surface area (Å²) in [6, 6.07) is 87.7. The minimum absolute atomic E-state index is 0.900. The Morgan fingerprint density at radius 3 is 1.58 bits per heavy atom. The van der Waals surface area contributed by atoms with Gasteiger partial charge in [0.2, 0.25) is 0 Å². The third-order valence-electron chi connectivity index (χ3n) is 13.2. The van der Waals surface area contributed by atoms with E-state index in [9.17, 15) is 0 Å². The van der Waals surface area contributed by atoms with Crippen LogP contribution in [0.2, 0.25) is 0 Å². The number of fused-ring (bicyclic) bond motifs is 9. The predicted octanol–water partition coefficient (Wildman–Crippen LogP) is 17.5. The number of hydrogen-bond acceptors (Lipinski definition) is 2. The molecular formula is C62H40N2O. The number of benzene rings is 11. The number of anilines is 3. The zero-order valence-electron chi connectivity index (χ0n) is 35.4. The molecule has 0 N–H and O–H groups in total. The molecule has 13 aromatic rings. The van der Waals surface area contributed by atoms with Crippen LogP contribution in [-0.4, -0.2) is 4.57 Å². The molecule has 0 aliphatic rings. The summed E-state index contributed by atoms with van der Waals surface area (Å²) in [5.74, 6) is 0. The molecule has 304 valence electrons. The topological polar surface area (TPSA) is 21.3 Å². The quantitative estimate of drug-likeness (QED) is 0.149. The number of hydrogen-bond donors (Lipinski definition) is 0. The van der Waals surface area contributed by atoms with Crippen molar-refractivity contribution in [2.24, 2.45) is 0 Å². The van der Waals surface area contributed by atoms with Crippen LogP contribution in [0.4, 0.5) is 17.1 Å². The monoisotopic (exact) mass is 828 g/mol. The number of aromatic nitrogens is 1. The zero-order valence-corrected chi connectivity index (χ0v) is 35.4. The van der Waals surface area contributed by atoms with E-state index >= 15 is 0 Å². The molecule has 2 heterocycles. The van der Waals surface area contributed by atoms with E-state index in [2.05, 4.69) is 240 Å². The SMILES string of the molecule is c1cc(-c2ccccc2-n2c3ccccc3c3ccccc32)cc(N(c2ccc(-c3cc4ccccc4c4ccccc34)cc2)c2ccc(-c3cccc4c3oc3ccccc34)cc2)c1. The second-order valence-electron chi connectivity index (χ2n) is 16.8. The Hall–Kier alpha value is -8.66. The molecule has 3 heteroatoms. The molecular weight excluding hydrogens is 789 g/mol. The maximum Gasteiger partial charge on any atom is 0.143 e. The van der Waals surface area contributed by atoms with E-state index in [1.165, 1.54) is 54.5 Å². The first-order chi connectivity index (χ1) is 32.2. The summed E-state index contributed by atoms with van der Waals surface area (Å²) < 4.78 is 8.90. The minimum Gasteiger partial charge on any atom is -0.455 e. The fourth-order valence-corrected chi connectivity index (χ4v) is 10.2. The fourth-order valence-electron chi connectivity index (χ4n) is 10.2. The molecule has 0 radical (unpaired) electrons. The molecule has 0 spiro atoms. The Balaban J connectivity index is 0.957. The molecule has 0 amide bonds. The van der Waals surface area contributed by atoms with Crippen LogP contribution in [0.1, 0.15) is 0 Å². The molecule has 0 aliphatic heterocycles. The second kappa shape index (κ2) is 15.0. The van der Waals surface area contributed by atoms with Gasteiger partial charge in [0, 0.05) is 49.7 Å². The summed E-state index contributed by atoms with van der Waals surface area (Å²) >= 11 is 0. The van der Waals surface area contributed by atoms with E-state index in [1.54, 1.807) is 0 Å². The van der Waals surface area contributed by atoms with Gasteiger partial charge in [0.05, 0.1) is 16.7 Å². The highest BCUT2D eigenvalue weighted by atomic mass is 16.3. The van der Waals surface area contributed by atoms with E-state index in [-0.39, 0.29) is 0 Å². The van der Waals surface area contributed by atoms with Crippen LogP contribution in [0.3, 0.4) is 0 Å². The van der Waals surface area contributed by atoms with Crippen molar-refractivity contribution in [3.63, 3.8) is 0 Å². The van der Waals surface area contributed by atoms with E-state index in [1.807, 2.05) is 12.1 Å². The Labute approximate surface area is 376 Å². The van der Waals surface area contributed by atoms with Crippen molar-refractivity contribution in [2.45, 2.75) is 0 Å². The van der Waals surface area contributed by atoms with Gasteiger partial charge >= 0.3 is 0 Å². The maximum atomic E-state index is 6.48. The van der Waals surface area contributed by atoms with Gasteiger partial charge in [-0.3, -0.25) is 0 Å². The molecule has 0 bridgehead atoms. The molecule has 0 atom stereocenters. The summed E-state index contributed by atoms with van der Waals surface area (Å²) in [5.41, 5.74) is 15.4. The van der Waals surface area contributed by atoms with Gasteiger partial charge in [-0.1, -0.05) is 176 Å². The molecule has 0 fully saturated rings. The van der Waals surface area contributed by atoms with Gasteiger partial charge in [0.15, 0.2) is 0 Å². The summed E-state index contributed by atoms with van der Waals surface area (Å²) in [6.07, 6.45) is 0. The van der Waals surface area contributed by atoms with Crippen LogP contribution in [0.15, 0.2) is 247 Å². The summed E-state index contributed by atoms with van der Waals surface area (Å²) in [7, 11) is 0. The van der Waals surface area contributed by atoms with E-state index in [4.69, 9.17) is 4.42 Å². The number of nitrogens with zero attached hydrogens (tertiary/aromatic N) is 2. The van der Waals surface area contributed by atoms with Gasteiger partial charge in [-0.25, -0.2) is 0 Å². The Morgan fingerprint density at radius 2 is 0.846 bits per heavy atom. The van der Waals surface area contributed by atoms with E-state index < -0.39 is 0 Å². The number of rotatable bonds is 7. The lowest BCUT2D eigenvalue weighted by molar-refractivity contribution is 0.670. The first kappa shape index (κ1) is 36.9. The number of furan rings is 1. The molecule has 0 saturated heterocycles. The first-order valence-corrected chi connectivity index (χ1v) is 22.2. The summed E-state index contributed by atoms with van der Waals surface area (Å²) in [6.45, 7) is 0. The third-order valence-corrected chi connectivity index (χ3v) is 13.2. The highest BCUT2D eigenvalue weighted by molar-refractivity contribution is 6.14. The van der Waals surface area contributed by atoms with Gasteiger partial charge in [-0.15, -0.1) is 0 Å². The van der Waals surface area contributed by atoms with Gasteiger partial charge in [0.25, 0.3) is 0 Å². The molecule has 65 heavy (non-hydrogen) atoms. The molecule has 0 unspecified atom stereocenters. The average molecular weight is 829 g/mol. The Morgan fingerprint density at radius 1 is 0.308 bits per heavy atom. The van der Waals surface area contributed by atoms with Crippen molar-refractivity contribution in [1.82, 2.24) is 4.57 Å². The standard InChI is InChI=1S/C62H40N2O/c1-2-18-48-44(15-1)40-57(52-21-4-3-20-51(48)52)42-33-37-46(38-34-42)63(45-35-31-41(32-36-45)50-25-14-26-56-55-24-8-12-30-61(55)65-62(50)56)47-17-13-16-43(39-47)49-19-5-9-27-58(49)64-59-28-10-6-22-53(59)54-23-7-11-29-60(54)64/h1-40H. The van der Waals surface area contributed by atoms with Crippen molar-refractivity contribution >= 4 is 82.4 Å². The molecule has 2 aromatic heterocycles. The van der Waals surface area contributed by atoms with Crippen molar-refractivity contribution in [3.05, 3.63) is 243 Å². The summed E-state index contributed by atoms with van der Waals surface area (Å²) in [5, 5.41) is 9.78. The highest BCUT2D eigenvalue weighted by Crippen LogP contribution is 2.43. The Bertz CT molecular complexity index is 3900. The van der Waals surface area contributed by atoms with Crippen LogP contribution in [0, 0.1) is 0 Å². The highest BCUT2D eigenvalue weighted by Gasteiger charge is 2.19. The van der Waals surface area contributed by atoms with E-state index in [0.717, 1.165) is 66.9 Å². The normalized spacial score (nSPS) is 11.7. The van der Waals surface area contributed by atoms with Crippen LogP contribution >= 0.6 is 0 Å². The van der Waals surface area contributed by atoms with Gasteiger partial charge in [0.1, 0.15) is 11.2 Å². The van der Waals surface area contributed by atoms with Crippen LogP contribution in [0.5, 0.6) is 0 Å². The van der Waals surface area contributed by atoms with Crippen molar-refractivity contribution in [2.75, 3.05) is 4.90 Å². The lowest BCUT2D eigenvalue weighted by Crippen LogP contribution is -2.10. The van der Waals surface area contributed by atoms with Crippen molar-refractivity contribution < 1.29 is 4.42 Å². The second-order valence-corrected chi connectivity index (χ2v) is 16.8. The largest absolute Gasteiger partial charge is 0.455 e. The van der Waals surface area contributed by atoms with Crippen LogP contribution < -0.4 is 4.90 Å². The number of para-hydroxylation sites is 5. The van der Waals surface area contributed by atoms with Crippen LogP contribution in [-0.2, 0) is 0 Å². The zero-order chi connectivity index (χ0) is 42.8. The smallest absolute Gasteiger partial charge is 0.143 e. The molecule has 0 aliphatic carbocycles. The lowest BCUT2D eigenvalue weighted by atomic mass is 9.93. The fraction of sp³-hybridized carbons (Fsp3) is 0. The third kappa shape index (κ3) is 6.05. The van der Waals surface area contributed by atoms with Crippen molar-refractivity contribution in [1.29, 1.82) is 0 Å².